The van der Waals surface area contributed by atoms with Crippen LogP contribution in [-0.4, -0.2) is 29.3 Å². The average Bonchev–Trinajstić information content (AvgIpc) is 3.13. The Morgan fingerprint density at radius 2 is 2.08 bits per heavy atom. The largest absolute Gasteiger partial charge is 0.472 e. The first kappa shape index (κ1) is 16.3. The van der Waals surface area contributed by atoms with Crippen LogP contribution in [-0.2, 0) is 11.3 Å². The van der Waals surface area contributed by atoms with Gasteiger partial charge in [-0.1, -0.05) is 15.9 Å². The van der Waals surface area contributed by atoms with Gasteiger partial charge in [0.15, 0.2) is 0 Å². The van der Waals surface area contributed by atoms with E-state index in [4.69, 9.17) is 9.47 Å². The molecule has 1 atom stereocenters. The molecule has 0 bridgehead atoms. The quantitative estimate of drug-likeness (QED) is 0.697. The Morgan fingerprint density at radius 3 is 2.96 bits per heavy atom. The number of aromatic nitrogens is 2. The number of pyridine rings is 2. The standard InChI is InChI=1S/C19H18BrN3O2/c20-14-1-2-16-17(4-7-21-18(16)10-14)23-11-13-3-6-22-19(9-13)25-15-5-8-24-12-15/h1-4,6-7,9-10,15H,5,8,11-12H2,(H,21,23). The molecular formula is C19H18BrN3O2. The van der Waals surface area contributed by atoms with E-state index in [1.807, 2.05) is 36.5 Å². The van der Waals surface area contributed by atoms with Crippen LogP contribution >= 0.6 is 15.9 Å². The van der Waals surface area contributed by atoms with Crippen LogP contribution < -0.4 is 10.1 Å². The Balaban J connectivity index is 1.48. The van der Waals surface area contributed by atoms with Crippen LogP contribution in [0.5, 0.6) is 5.88 Å². The van der Waals surface area contributed by atoms with Crippen molar-refractivity contribution in [2.75, 3.05) is 18.5 Å². The first-order chi connectivity index (χ1) is 12.3. The molecule has 1 saturated heterocycles. The highest BCUT2D eigenvalue weighted by Gasteiger charge is 2.17. The van der Waals surface area contributed by atoms with E-state index in [1.165, 1.54) is 0 Å². The fourth-order valence-electron chi connectivity index (χ4n) is 2.87. The smallest absolute Gasteiger partial charge is 0.213 e. The van der Waals surface area contributed by atoms with Crippen molar-refractivity contribution >= 4 is 32.5 Å². The van der Waals surface area contributed by atoms with E-state index < -0.39 is 0 Å². The second-order valence-electron chi connectivity index (χ2n) is 5.98. The number of halogens is 1. The van der Waals surface area contributed by atoms with Crippen LogP contribution in [0.1, 0.15) is 12.0 Å². The summed E-state index contributed by atoms with van der Waals surface area (Å²) in [6.45, 7) is 2.09. The van der Waals surface area contributed by atoms with Gasteiger partial charge in [0.1, 0.15) is 6.10 Å². The van der Waals surface area contributed by atoms with Gasteiger partial charge in [0, 0.05) is 47.0 Å². The van der Waals surface area contributed by atoms with Crippen molar-refractivity contribution < 1.29 is 9.47 Å². The molecule has 0 saturated carbocycles. The van der Waals surface area contributed by atoms with Crippen molar-refractivity contribution in [2.45, 2.75) is 19.1 Å². The van der Waals surface area contributed by atoms with E-state index in [0.717, 1.165) is 39.7 Å². The minimum atomic E-state index is 0.110. The fourth-order valence-corrected chi connectivity index (χ4v) is 3.22. The Bertz CT molecular complexity index is 881. The van der Waals surface area contributed by atoms with E-state index in [0.29, 0.717) is 19.0 Å². The summed E-state index contributed by atoms with van der Waals surface area (Å²) in [5.41, 5.74) is 3.13. The average molecular weight is 400 g/mol. The van der Waals surface area contributed by atoms with Crippen LogP contribution in [0.3, 0.4) is 0 Å². The molecular weight excluding hydrogens is 382 g/mol. The minimum Gasteiger partial charge on any atom is -0.472 e. The van der Waals surface area contributed by atoms with Gasteiger partial charge in [-0.15, -0.1) is 0 Å². The van der Waals surface area contributed by atoms with E-state index in [1.54, 1.807) is 6.20 Å². The highest BCUT2D eigenvalue weighted by molar-refractivity contribution is 9.10. The number of nitrogens with zero attached hydrogens (tertiary/aromatic N) is 2. The first-order valence-electron chi connectivity index (χ1n) is 8.25. The third kappa shape index (κ3) is 3.91. The normalized spacial score (nSPS) is 16.9. The molecule has 6 heteroatoms. The van der Waals surface area contributed by atoms with Gasteiger partial charge in [0.25, 0.3) is 0 Å². The van der Waals surface area contributed by atoms with E-state index in [-0.39, 0.29) is 6.10 Å². The molecule has 1 aliphatic heterocycles. The summed E-state index contributed by atoms with van der Waals surface area (Å²) in [7, 11) is 0. The molecule has 0 radical (unpaired) electrons. The lowest BCUT2D eigenvalue weighted by Crippen LogP contribution is -2.16. The molecule has 1 N–H and O–H groups in total. The summed E-state index contributed by atoms with van der Waals surface area (Å²) in [5, 5.41) is 4.58. The number of fused-ring (bicyclic) bond motifs is 1. The van der Waals surface area contributed by atoms with E-state index in [9.17, 15) is 0 Å². The maximum absolute atomic E-state index is 5.87. The summed E-state index contributed by atoms with van der Waals surface area (Å²) in [6, 6.07) is 12.1. The Kier molecular flexibility index (Phi) is 4.81. The lowest BCUT2D eigenvalue weighted by Gasteiger charge is -2.13. The Labute approximate surface area is 154 Å². The van der Waals surface area contributed by atoms with Crippen LogP contribution in [0.15, 0.2) is 53.3 Å². The van der Waals surface area contributed by atoms with E-state index >= 15 is 0 Å². The maximum Gasteiger partial charge on any atom is 0.213 e. The second-order valence-corrected chi connectivity index (χ2v) is 6.89. The van der Waals surface area contributed by atoms with Crippen molar-refractivity contribution in [1.29, 1.82) is 0 Å². The molecule has 4 rings (SSSR count). The maximum atomic E-state index is 5.87. The molecule has 3 heterocycles. The van der Waals surface area contributed by atoms with Gasteiger partial charge in [-0.05, 0) is 35.9 Å². The number of hydrogen-bond donors (Lipinski definition) is 1. The Morgan fingerprint density at radius 1 is 1.16 bits per heavy atom. The van der Waals surface area contributed by atoms with Gasteiger partial charge in [0.05, 0.1) is 18.7 Å². The van der Waals surface area contributed by atoms with Crippen LogP contribution in [0.2, 0.25) is 0 Å². The fraction of sp³-hybridized carbons (Fsp3) is 0.263. The van der Waals surface area contributed by atoms with Crippen molar-refractivity contribution in [3.8, 4) is 5.88 Å². The van der Waals surface area contributed by atoms with Crippen molar-refractivity contribution in [2.24, 2.45) is 0 Å². The predicted octanol–water partition coefficient (Wildman–Crippen LogP) is 4.17. The van der Waals surface area contributed by atoms with Gasteiger partial charge in [-0.3, -0.25) is 4.98 Å². The summed E-state index contributed by atoms with van der Waals surface area (Å²) in [6.07, 6.45) is 4.63. The molecule has 5 nitrogen and oxygen atoms in total. The first-order valence-corrected chi connectivity index (χ1v) is 9.05. The van der Waals surface area contributed by atoms with Crippen LogP contribution in [0.4, 0.5) is 5.69 Å². The van der Waals surface area contributed by atoms with Crippen LogP contribution in [0.25, 0.3) is 10.9 Å². The SMILES string of the molecule is Brc1ccc2c(NCc3ccnc(OC4CCOC4)c3)ccnc2c1. The summed E-state index contributed by atoms with van der Waals surface area (Å²) < 4.78 is 12.2. The Hall–Kier alpha value is -2.18. The van der Waals surface area contributed by atoms with E-state index in [2.05, 4.69) is 37.3 Å². The highest BCUT2D eigenvalue weighted by atomic mass is 79.9. The predicted molar refractivity (Wildman–Crippen MR) is 101 cm³/mol. The van der Waals surface area contributed by atoms with Gasteiger partial charge in [-0.25, -0.2) is 4.98 Å². The number of nitrogens with one attached hydrogen (secondary N) is 1. The number of hydrogen-bond acceptors (Lipinski definition) is 5. The molecule has 0 spiro atoms. The molecule has 2 aromatic heterocycles. The molecule has 1 aliphatic rings. The highest BCUT2D eigenvalue weighted by Crippen LogP contribution is 2.25. The lowest BCUT2D eigenvalue weighted by molar-refractivity contribution is 0.138. The van der Waals surface area contributed by atoms with Crippen molar-refractivity contribution in [1.82, 2.24) is 9.97 Å². The van der Waals surface area contributed by atoms with Gasteiger partial charge in [0.2, 0.25) is 5.88 Å². The third-order valence-electron chi connectivity index (χ3n) is 4.16. The molecule has 0 amide bonds. The van der Waals surface area contributed by atoms with Gasteiger partial charge >= 0.3 is 0 Å². The summed E-state index contributed by atoms with van der Waals surface area (Å²) >= 11 is 3.49. The molecule has 128 valence electrons. The summed E-state index contributed by atoms with van der Waals surface area (Å²) in [4.78, 5) is 8.71. The van der Waals surface area contributed by atoms with Crippen molar-refractivity contribution in [3.63, 3.8) is 0 Å². The van der Waals surface area contributed by atoms with Crippen molar-refractivity contribution in [3.05, 3.63) is 58.8 Å². The summed E-state index contributed by atoms with van der Waals surface area (Å²) in [5.74, 6) is 0.651. The monoisotopic (exact) mass is 399 g/mol. The molecule has 3 aromatic rings. The zero-order valence-electron chi connectivity index (χ0n) is 13.6. The molecule has 0 aliphatic carbocycles. The van der Waals surface area contributed by atoms with Crippen LogP contribution in [0, 0.1) is 0 Å². The number of benzene rings is 1. The number of rotatable bonds is 5. The second kappa shape index (κ2) is 7.37. The molecule has 1 aromatic carbocycles. The lowest BCUT2D eigenvalue weighted by atomic mass is 10.2. The number of ether oxygens (including phenoxy) is 2. The zero-order valence-corrected chi connectivity index (χ0v) is 15.2. The molecule has 1 fully saturated rings. The zero-order chi connectivity index (χ0) is 17.1. The minimum absolute atomic E-state index is 0.110. The molecule has 25 heavy (non-hydrogen) atoms. The van der Waals surface area contributed by atoms with Gasteiger partial charge < -0.3 is 14.8 Å². The van der Waals surface area contributed by atoms with Gasteiger partial charge in [-0.2, -0.15) is 0 Å². The molecule has 1 unspecified atom stereocenters. The number of anilines is 1. The third-order valence-corrected chi connectivity index (χ3v) is 4.66. The topological polar surface area (TPSA) is 56.3 Å².